The van der Waals surface area contributed by atoms with Crippen molar-refractivity contribution in [1.29, 1.82) is 0 Å². The molecule has 3 aromatic rings. The van der Waals surface area contributed by atoms with Gasteiger partial charge in [-0.05, 0) is 36.6 Å². The molecule has 0 atom stereocenters. The third-order valence-electron chi connectivity index (χ3n) is 5.41. The van der Waals surface area contributed by atoms with Crippen molar-refractivity contribution in [3.05, 3.63) is 87.3 Å². The predicted molar refractivity (Wildman–Crippen MR) is 129 cm³/mol. The highest BCUT2D eigenvalue weighted by atomic mass is 35.5. The molecular formula is C24H24ClN3O3S. The molecule has 0 spiro atoms. The Labute approximate surface area is 196 Å². The topological polar surface area (TPSA) is 92.5 Å². The molecule has 1 aliphatic rings. The molecule has 0 saturated heterocycles. The van der Waals surface area contributed by atoms with Crippen LogP contribution in [-0.2, 0) is 19.5 Å². The van der Waals surface area contributed by atoms with Crippen LogP contribution in [0.4, 0.5) is 5.00 Å². The summed E-state index contributed by atoms with van der Waals surface area (Å²) < 4.78 is 0. The third-order valence-corrected chi connectivity index (χ3v) is 6.54. The molecule has 8 heteroatoms. The van der Waals surface area contributed by atoms with E-state index in [-0.39, 0.29) is 24.1 Å². The molecule has 0 bridgehead atoms. The van der Waals surface area contributed by atoms with E-state index in [1.165, 1.54) is 23.8 Å². The van der Waals surface area contributed by atoms with Gasteiger partial charge in [-0.1, -0.05) is 42.5 Å². The Morgan fingerprint density at radius 2 is 1.69 bits per heavy atom. The fraction of sp³-hybridized carbons (Fsp3) is 0.208. The van der Waals surface area contributed by atoms with E-state index in [0.29, 0.717) is 34.7 Å². The van der Waals surface area contributed by atoms with Crippen LogP contribution in [-0.4, -0.2) is 29.0 Å². The molecule has 166 valence electrons. The first-order valence-electron chi connectivity index (χ1n) is 10.1. The van der Waals surface area contributed by atoms with Gasteiger partial charge < -0.3 is 11.1 Å². The highest BCUT2D eigenvalue weighted by Gasteiger charge is 2.28. The molecule has 0 radical (unpaired) electrons. The minimum absolute atomic E-state index is 0. The summed E-state index contributed by atoms with van der Waals surface area (Å²) in [4.78, 5) is 39.7. The van der Waals surface area contributed by atoms with Gasteiger partial charge in [0.05, 0.1) is 5.56 Å². The van der Waals surface area contributed by atoms with Crippen LogP contribution in [0.5, 0.6) is 0 Å². The second-order valence-electron chi connectivity index (χ2n) is 7.61. The molecule has 32 heavy (non-hydrogen) atoms. The maximum Gasteiger partial charge on any atom is 0.256 e. The number of amides is 2. The summed E-state index contributed by atoms with van der Waals surface area (Å²) in [5.74, 6) is -0.928. The standard InChI is InChI=1S/C24H23N3O3S.ClH/c1-15(28)17-7-9-18(10-8-17)23(30)26-24-21(22(25)29)19-11-12-27(14-20(19)31-24)13-16-5-3-2-4-6-16;/h2-10H,11-14H2,1H3,(H2,25,29)(H,26,30);1H. The molecule has 1 aromatic heterocycles. The van der Waals surface area contributed by atoms with E-state index in [2.05, 4.69) is 22.3 Å². The first kappa shape index (κ1) is 23.7. The van der Waals surface area contributed by atoms with Crippen molar-refractivity contribution in [3.8, 4) is 0 Å². The van der Waals surface area contributed by atoms with E-state index >= 15 is 0 Å². The van der Waals surface area contributed by atoms with Crippen molar-refractivity contribution in [1.82, 2.24) is 4.90 Å². The van der Waals surface area contributed by atoms with E-state index in [1.54, 1.807) is 24.3 Å². The number of halogens is 1. The van der Waals surface area contributed by atoms with Gasteiger partial charge in [-0.2, -0.15) is 0 Å². The number of carbonyl (C=O) groups is 3. The normalized spacial score (nSPS) is 13.0. The maximum atomic E-state index is 12.7. The molecule has 4 rings (SSSR count). The number of rotatable bonds is 6. The van der Waals surface area contributed by atoms with Crippen LogP contribution >= 0.6 is 23.7 Å². The lowest BCUT2D eigenvalue weighted by Gasteiger charge is -2.27. The minimum atomic E-state index is -0.531. The number of Topliss-reactive ketones (excluding diaryl/α,β-unsaturated/α-hetero) is 1. The zero-order valence-corrected chi connectivity index (χ0v) is 19.2. The number of anilines is 1. The summed E-state index contributed by atoms with van der Waals surface area (Å²) in [7, 11) is 0. The van der Waals surface area contributed by atoms with E-state index < -0.39 is 5.91 Å². The van der Waals surface area contributed by atoms with E-state index in [0.717, 1.165) is 23.5 Å². The van der Waals surface area contributed by atoms with Crippen LogP contribution in [0.15, 0.2) is 54.6 Å². The molecule has 2 aromatic carbocycles. The van der Waals surface area contributed by atoms with E-state index in [1.807, 2.05) is 18.2 Å². The van der Waals surface area contributed by atoms with E-state index in [9.17, 15) is 14.4 Å². The van der Waals surface area contributed by atoms with Gasteiger partial charge in [-0.25, -0.2) is 0 Å². The summed E-state index contributed by atoms with van der Waals surface area (Å²) in [5, 5.41) is 3.34. The number of thiophene rings is 1. The number of primary amides is 1. The highest BCUT2D eigenvalue weighted by Crippen LogP contribution is 2.37. The Hall–Kier alpha value is -3.00. The molecule has 2 amide bonds. The summed E-state index contributed by atoms with van der Waals surface area (Å²) in [5.41, 5.74) is 9.21. The Bertz CT molecular complexity index is 1140. The van der Waals surface area contributed by atoms with Crippen LogP contribution in [0.2, 0.25) is 0 Å². The van der Waals surface area contributed by atoms with Gasteiger partial charge in [0.15, 0.2) is 5.78 Å². The van der Waals surface area contributed by atoms with Crippen molar-refractivity contribution in [2.75, 3.05) is 11.9 Å². The molecule has 3 N–H and O–H groups in total. The van der Waals surface area contributed by atoms with Gasteiger partial charge in [-0.3, -0.25) is 19.3 Å². The number of nitrogens with two attached hydrogens (primary N) is 1. The molecule has 0 aliphatic carbocycles. The van der Waals surface area contributed by atoms with Gasteiger partial charge in [0.25, 0.3) is 11.8 Å². The SMILES string of the molecule is CC(=O)c1ccc(C(=O)Nc2sc3c(c2C(N)=O)CCN(Cc2ccccc2)C3)cc1.Cl. The molecular weight excluding hydrogens is 446 g/mol. The summed E-state index contributed by atoms with van der Waals surface area (Å²) in [6.45, 7) is 3.83. The first-order chi connectivity index (χ1) is 14.9. The number of fused-ring (bicyclic) bond motifs is 1. The van der Waals surface area contributed by atoms with Gasteiger partial charge >= 0.3 is 0 Å². The number of nitrogens with zero attached hydrogens (tertiary/aromatic N) is 1. The molecule has 0 fully saturated rings. The average molecular weight is 470 g/mol. The second kappa shape index (κ2) is 10.1. The van der Waals surface area contributed by atoms with Crippen LogP contribution in [0.3, 0.4) is 0 Å². The summed E-state index contributed by atoms with van der Waals surface area (Å²) >= 11 is 1.41. The number of hydrogen-bond acceptors (Lipinski definition) is 5. The van der Waals surface area contributed by atoms with Crippen molar-refractivity contribution in [2.24, 2.45) is 5.73 Å². The lowest BCUT2D eigenvalue weighted by atomic mass is 10.0. The fourth-order valence-electron chi connectivity index (χ4n) is 3.81. The Balaban J connectivity index is 0.00000289. The van der Waals surface area contributed by atoms with Crippen molar-refractivity contribution in [3.63, 3.8) is 0 Å². The quantitative estimate of drug-likeness (QED) is 0.527. The van der Waals surface area contributed by atoms with Crippen molar-refractivity contribution >= 4 is 46.3 Å². The summed E-state index contributed by atoms with van der Waals surface area (Å²) in [6.07, 6.45) is 0.708. The zero-order chi connectivity index (χ0) is 22.0. The second-order valence-corrected chi connectivity index (χ2v) is 8.71. The monoisotopic (exact) mass is 469 g/mol. The smallest absolute Gasteiger partial charge is 0.256 e. The largest absolute Gasteiger partial charge is 0.365 e. The number of hydrogen-bond donors (Lipinski definition) is 2. The van der Waals surface area contributed by atoms with Crippen LogP contribution in [0.25, 0.3) is 0 Å². The van der Waals surface area contributed by atoms with Crippen molar-refractivity contribution < 1.29 is 14.4 Å². The molecule has 6 nitrogen and oxygen atoms in total. The first-order valence-corrected chi connectivity index (χ1v) is 10.9. The van der Waals surface area contributed by atoms with E-state index in [4.69, 9.17) is 5.73 Å². The van der Waals surface area contributed by atoms with Crippen LogP contribution in [0, 0.1) is 0 Å². The highest BCUT2D eigenvalue weighted by molar-refractivity contribution is 7.17. The fourth-order valence-corrected chi connectivity index (χ4v) is 5.10. The number of benzene rings is 2. The summed E-state index contributed by atoms with van der Waals surface area (Å²) in [6, 6.07) is 16.7. The van der Waals surface area contributed by atoms with Gasteiger partial charge in [0, 0.05) is 35.6 Å². The predicted octanol–water partition coefficient (Wildman–Crippen LogP) is 4.28. The van der Waals surface area contributed by atoms with Gasteiger partial charge in [0.1, 0.15) is 5.00 Å². The number of nitrogens with one attached hydrogen (secondary N) is 1. The Morgan fingerprint density at radius 3 is 2.31 bits per heavy atom. The van der Waals surface area contributed by atoms with Crippen LogP contribution in [0.1, 0.15) is 54.0 Å². The van der Waals surface area contributed by atoms with Gasteiger partial charge in [-0.15, -0.1) is 23.7 Å². The van der Waals surface area contributed by atoms with Crippen LogP contribution < -0.4 is 11.1 Å². The van der Waals surface area contributed by atoms with Crippen molar-refractivity contribution in [2.45, 2.75) is 26.4 Å². The zero-order valence-electron chi connectivity index (χ0n) is 17.6. The molecule has 1 aliphatic heterocycles. The number of ketones is 1. The molecule has 2 heterocycles. The lowest BCUT2D eigenvalue weighted by molar-refractivity contribution is 0.0995. The minimum Gasteiger partial charge on any atom is -0.365 e. The average Bonchev–Trinajstić information content (AvgIpc) is 3.11. The third kappa shape index (κ3) is 5.07. The Morgan fingerprint density at radius 1 is 1.03 bits per heavy atom. The molecule has 0 saturated carbocycles. The lowest BCUT2D eigenvalue weighted by Crippen LogP contribution is -2.30. The Kier molecular flexibility index (Phi) is 7.45. The number of carbonyl (C=O) groups excluding carboxylic acids is 3. The molecule has 0 unspecified atom stereocenters. The maximum absolute atomic E-state index is 12.7. The van der Waals surface area contributed by atoms with Gasteiger partial charge in [0.2, 0.25) is 0 Å².